The van der Waals surface area contributed by atoms with Crippen LogP contribution in [-0.4, -0.2) is 32.3 Å². The van der Waals surface area contributed by atoms with Crippen molar-refractivity contribution in [1.29, 1.82) is 0 Å². The van der Waals surface area contributed by atoms with E-state index in [-0.39, 0.29) is 17.5 Å². The van der Waals surface area contributed by atoms with E-state index in [9.17, 15) is 9.59 Å². The van der Waals surface area contributed by atoms with E-state index in [2.05, 4.69) is 25.7 Å². The number of nitrogens with zero attached hydrogens (tertiary/aromatic N) is 3. The van der Waals surface area contributed by atoms with E-state index < -0.39 is 0 Å². The average molecular weight is 352 g/mol. The summed E-state index contributed by atoms with van der Waals surface area (Å²) in [7, 11) is 0. The van der Waals surface area contributed by atoms with Crippen molar-refractivity contribution in [1.82, 2.24) is 25.1 Å². The van der Waals surface area contributed by atoms with E-state index in [0.29, 0.717) is 23.8 Å². The number of carbonyl (C=O) groups is 1. The van der Waals surface area contributed by atoms with Crippen LogP contribution in [0.4, 0.5) is 10.6 Å². The molecule has 26 heavy (non-hydrogen) atoms. The second-order valence-electron chi connectivity index (χ2n) is 5.91. The number of benzene rings is 1. The molecule has 0 spiro atoms. The Morgan fingerprint density at radius 3 is 2.65 bits per heavy atom. The van der Waals surface area contributed by atoms with Gasteiger partial charge in [-0.1, -0.05) is 30.3 Å². The van der Waals surface area contributed by atoms with Crippen LogP contribution in [0.1, 0.15) is 17.0 Å². The molecule has 134 valence electrons. The maximum atomic E-state index is 12.2. The molecule has 2 heterocycles. The van der Waals surface area contributed by atoms with Crippen LogP contribution in [0.15, 0.2) is 47.3 Å². The fourth-order valence-electron chi connectivity index (χ4n) is 2.54. The zero-order valence-electron chi connectivity index (χ0n) is 14.6. The van der Waals surface area contributed by atoms with E-state index in [1.165, 1.54) is 10.7 Å². The molecule has 0 unspecified atom stereocenters. The lowest BCUT2D eigenvalue weighted by Crippen LogP contribution is -2.31. The van der Waals surface area contributed by atoms with Gasteiger partial charge in [-0.15, -0.1) is 0 Å². The smallest absolute Gasteiger partial charge is 0.320 e. The van der Waals surface area contributed by atoms with Crippen molar-refractivity contribution in [2.45, 2.75) is 20.3 Å². The van der Waals surface area contributed by atoms with Gasteiger partial charge < -0.3 is 5.32 Å². The lowest BCUT2D eigenvalue weighted by Gasteiger charge is -2.09. The molecule has 0 radical (unpaired) electrons. The maximum Gasteiger partial charge on any atom is 0.320 e. The molecule has 0 bridgehead atoms. The highest BCUT2D eigenvalue weighted by atomic mass is 16.2. The number of aromatic amines is 1. The molecule has 8 nitrogen and oxygen atoms in total. The van der Waals surface area contributed by atoms with E-state index >= 15 is 0 Å². The molecule has 0 saturated heterocycles. The molecule has 8 heteroatoms. The minimum Gasteiger partial charge on any atom is -0.337 e. The highest BCUT2D eigenvalue weighted by Gasteiger charge is 2.12. The monoisotopic (exact) mass is 352 g/mol. The van der Waals surface area contributed by atoms with Crippen LogP contribution in [0.25, 0.3) is 5.95 Å². The third kappa shape index (κ3) is 4.35. The summed E-state index contributed by atoms with van der Waals surface area (Å²) in [6.07, 6.45) is 0.735. The van der Waals surface area contributed by atoms with Crippen molar-refractivity contribution in [3.63, 3.8) is 0 Å². The minimum absolute atomic E-state index is 0.252. The first-order valence-electron chi connectivity index (χ1n) is 8.25. The van der Waals surface area contributed by atoms with Crippen molar-refractivity contribution >= 4 is 11.8 Å². The third-order valence-corrected chi connectivity index (χ3v) is 3.67. The Labute approximate surface area is 150 Å². The molecule has 0 fully saturated rings. The second kappa shape index (κ2) is 7.64. The number of nitrogens with one attached hydrogen (secondary N) is 3. The van der Waals surface area contributed by atoms with Crippen LogP contribution >= 0.6 is 0 Å². The van der Waals surface area contributed by atoms with Gasteiger partial charge in [-0.05, 0) is 25.8 Å². The van der Waals surface area contributed by atoms with Gasteiger partial charge in [0.1, 0.15) is 5.82 Å². The first-order valence-corrected chi connectivity index (χ1v) is 8.25. The van der Waals surface area contributed by atoms with E-state index in [0.717, 1.165) is 12.0 Å². The molecule has 0 saturated carbocycles. The summed E-state index contributed by atoms with van der Waals surface area (Å²) in [5.41, 5.74) is 2.12. The summed E-state index contributed by atoms with van der Waals surface area (Å²) < 4.78 is 1.40. The molecular formula is C18H20N6O2. The van der Waals surface area contributed by atoms with Gasteiger partial charge in [0.05, 0.1) is 5.69 Å². The summed E-state index contributed by atoms with van der Waals surface area (Å²) in [6.45, 7) is 4.02. The van der Waals surface area contributed by atoms with Crippen molar-refractivity contribution in [3.8, 4) is 5.95 Å². The quantitative estimate of drug-likeness (QED) is 0.652. The number of carbonyl (C=O) groups excluding carboxylic acids is 1. The molecule has 3 rings (SSSR count). The molecule has 0 atom stereocenters. The Balaban J connectivity index is 1.68. The van der Waals surface area contributed by atoms with Gasteiger partial charge in [0.2, 0.25) is 5.95 Å². The number of H-pyrrole nitrogens is 1. The molecule has 3 aromatic rings. The summed E-state index contributed by atoms with van der Waals surface area (Å²) in [5, 5.41) is 9.84. The van der Waals surface area contributed by atoms with Crippen molar-refractivity contribution in [2.75, 3.05) is 11.9 Å². The molecule has 1 aromatic carbocycles. The molecule has 2 amide bonds. The number of hydrogen-bond acceptors (Lipinski definition) is 4. The molecule has 0 aliphatic heterocycles. The zero-order chi connectivity index (χ0) is 18.5. The number of aryl methyl sites for hydroxylation is 2. The fraction of sp³-hybridized carbons (Fsp3) is 0.222. The summed E-state index contributed by atoms with van der Waals surface area (Å²) in [5.74, 6) is 0.677. The Kier molecular flexibility index (Phi) is 5.12. The van der Waals surface area contributed by atoms with Gasteiger partial charge in [-0.3, -0.25) is 15.1 Å². The number of hydrogen-bond donors (Lipinski definition) is 3. The standard InChI is InChI=1S/C18H20N6O2/c1-12-11-16(25)22-17(20-12)24-15(10-13(2)23-24)21-18(26)19-9-8-14-6-4-3-5-7-14/h3-7,10-11H,8-9H2,1-2H3,(H2,19,21,26)(H,20,22,25). The summed E-state index contributed by atoms with van der Waals surface area (Å²) in [6, 6.07) is 12.7. The van der Waals surface area contributed by atoms with E-state index in [4.69, 9.17) is 0 Å². The van der Waals surface area contributed by atoms with Gasteiger partial charge >= 0.3 is 6.03 Å². The third-order valence-electron chi connectivity index (χ3n) is 3.67. The molecule has 0 aliphatic carbocycles. The van der Waals surface area contributed by atoms with Crippen molar-refractivity contribution in [3.05, 3.63) is 69.8 Å². The second-order valence-corrected chi connectivity index (χ2v) is 5.91. The van der Waals surface area contributed by atoms with Crippen molar-refractivity contribution in [2.24, 2.45) is 0 Å². The molecule has 3 N–H and O–H groups in total. The average Bonchev–Trinajstić information content (AvgIpc) is 2.95. The van der Waals surface area contributed by atoms with Crippen LogP contribution in [0.2, 0.25) is 0 Å². The van der Waals surface area contributed by atoms with Crippen molar-refractivity contribution < 1.29 is 4.79 Å². The first kappa shape index (κ1) is 17.4. The van der Waals surface area contributed by atoms with Crippen LogP contribution in [-0.2, 0) is 6.42 Å². The highest BCUT2D eigenvalue weighted by Crippen LogP contribution is 2.13. The number of anilines is 1. The first-order chi connectivity index (χ1) is 12.5. The van der Waals surface area contributed by atoms with Crippen LogP contribution in [0.3, 0.4) is 0 Å². The van der Waals surface area contributed by atoms with E-state index in [1.54, 1.807) is 19.9 Å². The van der Waals surface area contributed by atoms with Crippen LogP contribution < -0.4 is 16.2 Å². The number of urea groups is 1. The molecular weight excluding hydrogens is 332 g/mol. The van der Waals surface area contributed by atoms with Gasteiger partial charge in [0.15, 0.2) is 0 Å². The topological polar surface area (TPSA) is 105 Å². The Bertz CT molecular complexity index is 961. The SMILES string of the molecule is Cc1cc(=O)[nH]c(-n2nc(C)cc2NC(=O)NCCc2ccccc2)n1. The van der Waals surface area contributed by atoms with Gasteiger partial charge in [0, 0.05) is 24.4 Å². The Morgan fingerprint density at radius 2 is 1.92 bits per heavy atom. The minimum atomic E-state index is -0.350. The normalized spacial score (nSPS) is 10.5. The summed E-state index contributed by atoms with van der Waals surface area (Å²) >= 11 is 0. The van der Waals surface area contributed by atoms with Gasteiger partial charge in [0.25, 0.3) is 5.56 Å². The Morgan fingerprint density at radius 1 is 1.15 bits per heavy atom. The van der Waals surface area contributed by atoms with E-state index in [1.807, 2.05) is 30.3 Å². The predicted molar refractivity (Wildman–Crippen MR) is 98.6 cm³/mol. The molecule has 0 aliphatic rings. The van der Waals surface area contributed by atoms with Crippen LogP contribution in [0, 0.1) is 13.8 Å². The lowest BCUT2D eigenvalue weighted by molar-refractivity contribution is 0.252. The summed E-state index contributed by atoms with van der Waals surface area (Å²) in [4.78, 5) is 30.7. The van der Waals surface area contributed by atoms with Crippen LogP contribution in [0.5, 0.6) is 0 Å². The number of amides is 2. The molecule has 2 aromatic heterocycles. The van der Waals surface area contributed by atoms with Gasteiger partial charge in [-0.25, -0.2) is 9.78 Å². The predicted octanol–water partition coefficient (Wildman–Crippen LogP) is 1.94. The zero-order valence-corrected chi connectivity index (χ0v) is 14.6. The van der Waals surface area contributed by atoms with Gasteiger partial charge in [-0.2, -0.15) is 9.78 Å². The number of aromatic nitrogens is 4. The Hall–Kier alpha value is -3.42. The highest BCUT2D eigenvalue weighted by molar-refractivity contribution is 5.88. The lowest BCUT2D eigenvalue weighted by atomic mass is 10.1. The maximum absolute atomic E-state index is 12.2. The largest absolute Gasteiger partial charge is 0.337 e. The fourth-order valence-corrected chi connectivity index (χ4v) is 2.54. The number of rotatable bonds is 5.